The third kappa shape index (κ3) is 14.3. The highest BCUT2D eigenvalue weighted by Gasteiger charge is 2.18. The van der Waals surface area contributed by atoms with Gasteiger partial charge in [-0.3, -0.25) is 4.79 Å². The molecule has 2 atom stereocenters. The first kappa shape index (κ1) is 19.7. The molecule has 0 aliphatic rings. The molecule has 0 rings (SSSR count). The van der Waals surface area contributed by atoms with Crippen LogP contribution in [0.3, 0.4) is 0 Å². The lowest BCUT2D eigenvalue weighted by molar-refractivity contribution is -0.142. The lowest BCUT2D eigenvalue weighted by Gasteiger charge is -2.14. The Balaban J connectivity index is 0. The van der Waals surface area contributed by atoms with Crippen molar-refractivity contribution in [2.45, 2.75) is 59.0 Å². The van der Waals surface area contributed by atoms with E-state index in [1.807, 2.05) is 26.8 Å². The summed E-state index contributed by atoms with van der Waals surface area (Å²) < 4.78 is 0. The van der Waals surface area contributed by atoms with E-state index in [4.69, 9.17) is 16.1 Å². The van der Waals surface area contributed by atoms with Gasteiger partial charge in [-0.2, -0.15) is 5.26 Å². The first-order chi connectivity index (χ1) is 8.74. The summed E-state index contributed by atoms with van der Waals surface area (Å²) in [4.78, 5) is 21.1. The zero-order valence-electron chi connectivity index (χ0n) is 12.1. The number of carboxylic acid groups (broad SMARTS) is 1. The van der Waals surface area contributed by atoms with Crippen LogP contribution in [0.15, 0.2) is 0 Å². The molecule has 0 aliphatic heterocycles. The zero-order chi connectivity index (χ0) is 15.4. The molecule has 0 saturated carbocycles. The van der Waals surface area contributed by atoms with E-state index in [0.717, 1.165) is 6.42 Å². The van der Waals surface area contributed by atoms with Crippen LogP contribution < -0.4 is 11.1 Å². The number of aliphatic carboxylic acids is 1. The summed E-state index contributed by atoms with van der Waals surface area (Å²) >= 11 is 0. The van der Waals surface area contributed by atoms with Crippen LogP contribution in [-0.2, 0) is 9.59 Å². The average molecular weight is 271 g/mol. The number of carbonyl (C=O) groups excluding carboxylic acids is 1. The highest BCUT2D eigenvalue weighted by atomic mass is 16.4. The van der Waals surface area contributed by atoms with Gasteiger partial charge in [0, 0.05) is 13.0 Å². The van der Waals surface area contributed by atoms with Gasteiger partial charge >= 0.3 is 5.97 Å². The van der Waals surface area contributed by atoms with E-state index >= 15 is 0 Å². The molecule has 0 aromatic carbocycles. The van der Waals surface area contributed by atoms with Crippen molar-refractivity contribution in [3.63, 3.8) is 0 Å². The fourth-order valence-electron chi connectivity index (χ4n) is 1.20. The number of nitrogens with zero attached hydrogens (tertiary/aromatic N) is 1. The van der Waals surface area contributed by atoms with Crippen LogP contribution in [0.25, 0.3) is 0 Å². The Kier molecular flexibility index (Phi) is 11.9. The quantitative estimate of drug-likeness (QED) is 0.672. The van der Waals surface area contributed by atoms with Gasteiger partial charge in [-0.15, -0.1) is 0 Å². The van der Waals surface area contributed by atoms with E-state index in [-0.39, 0.29) is 17.9 Å². The molecule has 0 fully saturated rings. The summed E-state index contributed by atoms with van der Waals surface area (Å²) in [6.45, 7) is 7.12. The van der Waals surface area contributed by atoms with Crippen molar-refractivity contribution < 1.29 is 14.7 Å². The second kappa shape index (κ2) is 11.5. The van der Waals surface area contributed by atoms with E-state index < -0.39 is 12.0 Å². The maximum Gasteiger partial charge on any atom is 0.326 e. The molecule has 0 aliphatic carbocycles. The third-order valence-electron chi connectivity index (χ3n) is 2.26. The standard InChI is InChI=1S/C8H15NO3.C5H10N2/c1-5(2)4-7(8(11)12)9-6(3)10;1-2-5(7)3-4-6/h5,7H,4H2,1-3H3,(H,9,10)(H,11,12);5H,2-3,7H2,1H3/t7-;5-/m01/s1. The highest BCUT2D eigenvalue weighted by Crippen LogP contribution is 2.04. The predicted molar refractivity (Wildman–Crippen MR) is 73.2 cm³/mol. The summed E-state index contributed by atoms with van der Waals surface area (Å²) in [5, 5.41) is 19.1. The minimum atomic E-state index is -0.973. The van der Waals surface area contributed by atoms with Crippen molar-refractivity contribution in [2.75, 3.05) is 0 Å². The van der Waals surface area contributed by atoms with Gasteiger partial charge in [-0.05, 0) is 18.8 Å². The van der Waals surface area contributed by atoms with Crippen LogP contribution in [0, 0.1) is 17.2 Å². The fraction of sp³-hybridized carbons (Fsp3) is 0.769. The lowest BCUT2D eigenvalue weighted by Crippen LogP contribution is -2.40. The number of nitrogens with two attached hydrogens (primary N) is 1. The van der Waals surface area contributed by atoms with Crippen LogP contribution in [0.2, 0.25) is 0 Å². The van der Waals surface area contributed by atoms with Gasteiger partial charge in [0.1, 0.15) is 6.04 Å². The number of hydrogen-bond acceptors (Lipinski definition) is 4. The molecular weight excluding hydrogens is 246 g/mol. The normalized spacial score (nSPS) is 12.7. The molecule has 0 bridgehead atoms. The van der Waals surface area contributed by atoms with Gasteiger partial charge in [0.2, 0.25) is 5.91 Å². The molecule has 0 radical (unpaired) electrons. The Morgan fingerprint density at radius 2 is 1.95 bits per heavy atom. The molecule has 4 N–H and O–H groups in total. The molecule has 0 aromatic rings. The van der Waals surface area contributed by atoms with E-state index in [0.29, 0.717) is 12.8 Å². The largest absolute Gasteiger partial charge is 0.480 e. The molecule has 0 saturated heterocycles. The first-order valence-electron chi connectivity index (χ1n) is 6.36. The molecule has 19 heavy (non-hydrogen) atoms. The minimum absolute atomic E-state index is 0.0880. The van der Waals surface area contributed by atoms with Crippen LogP contribution in [0.4, 0.5) is 0 Å². The topological polar surface area (TPSA) is 116 Å². The van der Waals surface area contributed by atoms with Crippen LogP contribution in [0.1, 0.15) is 47.0 Å². The maximum atomic E-state index is 10.6. The van der Waals surface area contributed by atoms with Crippen molar-refractivity contribution in [1.82, 2.24) is 5.32 Å². The smallest absolute Gasteiger partial charge is 0.326 e. The molecule has 0 unspecified atom stereocenters. The van der Waals surface area contributed by atoms with E-state index in [2.05, 4.69) is 5.32 Å². The predicted octanol–water partition coefficient (Wildman–Crippen LogP) is 1.26. The number of carbonyl (C=O) groups is 2. The Labute approximate surface area is 115 Å². The number of hydrogen-bond donors (Lipinski definition) is 3. The van der Waals surface area contributed by atoms with Crippen LogP contribution in [0.5, 0.6) is 0 Å². The van der Waals surface area contributed by atoms with Gasteiger partial charge in [0.25, 0.3) is 0 Å². The van der Waals surface area contributed by atoms with Crippen molar-refractivity contribution in [3.8, 4) is 6.07 Å². The maximum absolute atomic E-state index is 10.6. The van der Waals surface area contributed by atoms with Gasteiger partial charge in [-0.1, -0.05) is 20.8 Å². The molecule has 0 spiro atoms. The SMILES string of the molecule is CC(=O)N[C@@H](CC(C)C)C(=O)O.CC[C@@H](N)CC#N. The van der Waals surface area contributed by atoms with Crippen molar-refractivity contribution in [2.24, 2.45) is 11.7 Å². The van der Waals surface area contributed by atoms with Crippen LogP contribution in [-0.4, -0.2) is 29.1 Å². The number of carboxylic acids is 1. The number of nitrogens with one attached hydrogen (secondary N) is 1. The lowest BCUT2D eigenvalue weighted by atomic mass is 10.0. The molecule has 0 heterocycles. The molecule has 6 nitrogen and oxygen atoms in total. The Morgan fingerprint density at radius 3 is 2.16 bits per heavy atom. The Hall–Kier alpha value is -1.61. The Bertz CT molecular complexity index is 311. The monoisotopic (exact) mass is 271 g/mol. The molecule has 6 heteroatoms. The van der Waals surface area contributed by atoms with Crippen LogP contribution >= 0.6 is 0 Å². The van der Waals surface area contributed by atoms with E-state index in [9.17, 15) is 9.59 Å². The zero-order valence-corrected chi connectivity index (χ0v) is 12.1. The minimum Gasteiger partial charge on any atom is -0.480 e. The summed E-state index contributed by atoms with van der Waals surface area (Å²) in [7, 11) is 0. The first-order valence-corrected chi connectivity index (χ1v) is 6.36. The van der Waals surface area contributed by atoms with E-state index in [1.165, 1.54) is 6.92 Å². The molecular formula is C13H25N3O3. The highest BCUT2D eigenvalue weighted by molar-refractivity contribution is 5.81. The van der Waals surface area contributed by atoms with Crippen molar-refractivity contribution >= 4 is 11.9 Å². The molecule has 110 valence electrons. The van der Waals surface area contributed by atoms with Crippen molar-refractivity contribution in [3.05, 3.63) is 0 Å². The van der Waals surface area contributed by atoms with Gasteiger partial charge in [0.15, 0.2) is 0 Å². The van der Waals surface area contributed by atoms with Gasteiger partial charge < -0.3 is 16.2 Å². The number of rotatable bonds is 6. The summed E-state index contributed by atoms with van der Waals surface area (Å²) in [5.41, 5.74) is 5.36. The van der Waals surface area contributed by atoms with E-state index in [1.54, 1.807) is 0 Å². The Morgan fingerprint density at radius 1 is 1.42 bits per heavy atom. The van der Waals surface area contributed by atoms with Gasteiger partial charge in [-0.25, -0.2) is 4.79 Å². The third-order valence-corrected chi connectivity index (χ3v) is 2.26. The van der Waals surface area contributed by atoms with Crippen molar-refractivity contribution in [1.29, 1.82) is 5.26 Å². The second-order valence-corrected chi connectivity index (χ2v) is 4.75. The second-order valence-electron chi connectivity index (χ2n) is 4.75. The molecule has 0 aromatic heterocycles. The number of nitriles is 1. The summed E-state index contributed by atoms with van der Waals surface area (Å²) in [5.74, 6) is -1.01. The molecule has 1 amide bonds. The summed E-state index contributed by atoms with van der Waals surface area (Å²) in [6.07, 6.45) is 1.85. The van der Waals surface area contributed by atoms with Gasteiger partial charge in [0.05, 0.1) is 12.5 Å². The summed E-state index contributed by atoms with van der Waals surface area (Å²) in [6, 6.07) is 1.33. The number of amides is 1. The fourth-order valence-corrected chi connectivity index (χ4v) is 1.20. The average Bonchev–Trinajstić information content (AvgIpc) is 2.28.